The number of fused-ring (bicyclic) bond motifs is 1. The Kier molecular flexibility index (Phi) is 4.52. The van der Waals surface area contributed by atoms with Gasteiger partial charge in [0.2, 0.25) is 5.91 Å². The number of nitrogens with zero attached hydrogens (tertiary/aromatic N) is 3. The van der Waals surface area contributed by atoms with E-state index in [1.807, 2.05) is 28.3 Å². The fraction of sp³-hybridized carbons (Fsp3) is 0.167. The molecule has 3 aromatic heterocycles. The van der Waals surface area contributed by atoms with E-state index in [0.29, 0.717) is 29.2 Å². The Morgan fingerprint density at radius 3 is 2.85 bits per heavy atom. The number of halogens is 1. The summed E-state index contributed by atoms with van der Waals surface area (Å²) in [5, 5.41) is 7.30. The molecule has 1 N–H and O–H groups in total. The predicted molar refractivity (Wildman–Crippen MR) is 102 cm³/mol. The van der Waals surface area contributed by atoms with Crippen molar-refractivity contribution in [1.29, 1.82) is 0 Å². The van der Waals surface area contributed by atoms with Crippen LogP contribution >= 0.6 is 22.7 Å². The maximum absolute atomic E-state index is 14.0. The third-order valence-corrected chi connectivity index (χ3v) is 5.67. The fourth-order valence-electron chi connectivity index (χ4n) is 2.64. The zero-order chi connectivity index (χ0) is 18.1. The first-order valence-electron chi connectivity index (χ1n) is 8.02. The summed E-state index contributed by atoms with van der Waals surface area (Å²) in [4.78, 5) is 21.6. The number of hydrogen-bond donors (Lipinski definition) is 1. The average molecular weight is 386 g/mol. The molecule has 0 aliphatic carbocycles. The van der Waals surface area contributed by atoms with Crippen molar-refractivity contribution < 1.29 is 9.18 Å². The SMILES string of the molecule is Cc1csc(NC(=O)CCc2csc3nc(-c4ccccc4F)cn23)n1. The first kappa shape index (κ1) is 16.9. The van der Waals surface area contributed by atoms with Gasteiger partial charge in [-0.25, -0.2) is 14.4 Å². The molecule has 0 aliphatic heterocycles. The molecule has 4 aromatic rings. The molecule has 5 nitrogen and oxygen atoms in total. The minimum Gasteiger partial charge on any atom is -0.302 e. The number of benzene rings is 1. The summed E-state index contributed by atoms with van der Waals surface area (Å²) in [5.74, 6) is -0.369. The number of carbonyl (C=O) groups is 1. The maximum Gasteiger partial charge on any atom is 0.226 e. The first-order valence-corrected chi connectivity index (χ1v) is 9.78. The van der Waals surface area contributed by atoms with E-state index in [1.165, 1.54) is 28.7 Å². The zero-order valence-electron chi connectivity index (χ0n) is 13.9. The van der Waals surface area contributed by atoms with Gasteiger partial charge in [0.15, 0.2) is 10.1 Å². The second-order valence-electron chi connectivity index (χ2n) is 5.83. The largest absolute Gasteiger partial charge is 0.302 e. The van der Waals surface area contributed by atoms with Gasteiger partial charge in [0.25, 0.3) is 0 Å². The summed E-state index contributed by atoms with van der Waals surface area (Å²) < 4.78 is 15.9. The van der Waals surface area contributed by atoms with Crippen molar-refractivity contribution >= 4 is 38.7 Å². The number of aromatic nitrogens is 3. The molecule has 26 heavy (non-hydrogen) atoms. The van der Waals surface area contributed by atoms with Gasteiger partial charge >= 0.3 is 0 Å². The average Bonchev–Trinajstić information content (AvgIpc) is 3.30. The second kappa shape index (κ2) is 6.97. The third kappa shape index (κ3) is 3.38. The van der Waals surface area contributed by atoms with Crippen molar-refractivity contribution in [3.63, 3.8) is 0 Å². The van der Waals surface area contributed by atoms with E-state index in [9.17, 15) is 9.18 Å². The Hall–Kier alpha value is -2.58. The highest BCUT2D eigenvalue weighted by Crippen LogP contribution is 2.26. The Bertz CT molecular complexity index is 1080. The number of aryl methyl sites for hydroxylation is 2. The number of imidazole rings is 1. The summed E-state index contributed by atoms with van der Waals surface area (Å²) in [5.41, 5.74) is 2.94. The lowest BCUT2D eigenvalue weighted by molar-refractivity contribution is -0.116. The van der Waals surface area contributed by atoms with Gasteiger partial charge in [-0.05, 0) is 25.5 Å². The Morgan fingerprint density at radius 1 is 1.23 bits per heavy atom. The van der Waals surface area contributed by atoms with E-state index in [2.05, 4.69) is 15.3 Å². The van der Waals surface area contributed by atoms with Crippen molar-refractivity contribution in [1.82, 2.24) is 14.4 Å². The van der Waals surface area contributed by atoms with Crippen LogP contribution in [-0.2, 0) is 11.2 Å². The van der Waals surface area contributed by atoms with Gasteiger partial charge in [-0.3, -0.25) is 9.20 Å². The Morgan fingerprint density at radius 2 is 2.08 bits per heavy atom. The quantitative estimate of drug-likeness (QED) is 0.548. The van der Waals surface area contributed by atoms with Gasteiger partial charge in [-0.15, -0.1) is 22.7 Å². The molecule has 3 heterocycles. The molecule has 0 aliphatic rings. The van der Waals surface area contributed by atoms with Crippen molar-refractivity contribution in [2.24, 2.45) is 0 Å². The van der Waals surface area contributed by atoms with Crippen molar-refractivity contribution in [3.8, 4) is 11.3 Å². The normalized spacial score (nSPS) is 11.2. The molecule has 0 atom stereocenters. The molecule has 0 spiro atoms. The fourth-order valence-corrected chi connectivity index (χ4v) is 4.25. The van der Waals surface area contributed by atoms with Gasteiger partial charge in [0.1, 0.15) is 5.82 Å². The molecule has 132 valence electrons. The summed E-state index contributed by atoms with van der Waals surface area (Å²) in [6, 6.07) is 6.59. The second-order valence-corrected chi connectivity index (χ2v) is 7.52. The lowest BCUT2D eigenvalue weighted by atomic mass is 10.1. The first-order chi connectivity index (χ1) is 12.6. The van der Waals surface area contributed by atoms with Crippen LogP contribution in [0, 0.1) is 12.7 Å². The topological polar surface area (TPSA) is 59.3 Å². The molecule has 0 saturated heterocycles. The van der Waals surface area contributed by atoms with Crippen molar-refractivity contribution in [2.75, 3.05) is 5.32 Å². The van der Waals surface area contributed by atoms with E-state index in [4.69, 9.17) is 0 Å². The Balaban J connectivity index is 1.49. The van der Waals surface area contributed by atoms with Gasteiger partial charge < -0.3 is 5.32 Å². The van der Waals surface area contributed by atoms with E-state index >= 15 is 0 Å². The highest BCUT2D eigenvalue weighted by Gasteiger charge is 2.13. The van der Waals surface area contributed by atoms with Crippen LogP contribution in [0.15, 0.2) is 41.2 Å². The lowest BCUT2D eigenvalue weighted by Crippen LogP contribution is -2.12. The summed E-state index contributed by atoms with van der Waals surface area (Å²) in [6.07, 6.45) is 2.74. The molecule has 8 heteroatoms. The Labute approximate surface area is 157 Å². The minimum atomic E-state index is -0.294. The van der Waals surface area contributed by atoms with Crippen LogP contribution in [0.2, 0.25) is 0 Å². The molecule has 0 fully saturated rings. The van der Waals surface area contributed by atoms with Crippen LogP contribution in [-0.4, -0.2) is 20.3 Å². The monoisotopic (exact) mass is 386 g/mol. The van der Waals surface area contributed by atoms with Gasteiger partial charge in [0, 0.05) is 34.6 Å². The number of thiazole rings is 2. The highest BCUT2D eigenvalue weighted by atomic mass is 32.1. The van der Waals surface area contributed by atoms with Crippen LogP contribution < -0.4 is 5.32 Å². The number of rotatable bonds is 5. The minimum absolute atomic E-state index is 0.0758. The number of nitrogens with one attached hydrogen (secondary N) is 1. The standard InChI is InChI=1S/C18H15FN4OS2/c1-11-9-25-17(20-11)22-16(24)7-6-12-10-26-18-21-15(8-23(12)18)13-4-2-3-5-14(13)19/h2-5,8-10H,6-7H2,1H3,(H,20,22,24). The molecular formula is C18H15FN4OS2. The molecule has 1 aromatic carbocycles. The van der Waals surface area contributed by atoms with E-state index < -0.39 is 0 Å². The predicted octanol–water partition coefficient (Wildman–Crippen LogP) is 4.54. The molecule has 0 unspecified atom stereocenters. The van der Waals surface area contributed by atoms with Crippen LogP contribution in [0.3, 0.4) is 0 Å². The van der Waals surface area contributed by atoms with E-state index in [0.717, 1.165) is 16.3 Å². The van der Waals surface area contributed by atoms with Gasteiger partial charge in [0.05, 0.1) is 11.4 Å². The van der Waals surface area contributed by atoms with Crippen molar-refractivity contribution in [2.45, 2.75) is 19.8 Å². The molecule has 4 rings (SSSR count). The van der Waals surface area contributed by atoms with Crippen LogP contribution in [0.5, 0.6) is 0 Å². The summed E-state index contributed by atoms with van der Waals surface area (Å²) in [7, 11) is 0. The number of hydrogen-bond acceptors (Lipinski definition) is 5. The summed E-state index contributed by atoms with van der Waals surface area (Å²) in [6.45, 7) is 1.89. The zero-order valence-corrected chi connectivity index (χ0v) is 15.5. The third-order valence-electron chi connectivity index (χ3n) is 3.91. The lowest BCUT2D eigenvalue weighted by Gasteiger charge is -2.01. The number of amides is 1. The number of carbonyl (C=O) groups excluding carboxylic acids is 1. The summed E-state index contributed by atoms with van der Waals surface area (Å²) >= 11 is 2.90. The van der Waals surface area contributed by atoms with Crippen molar-refractivity contribution in [3.05, 3.63) is 58.4 Å². The molecule has 0 radical (unpaired) electrons. The van der Waals surface area contributed by atoms with E-state index in [-0.39, 0.29) is 11.7 Å². The smallest absolute Gasteiger partial charge is 0.226 e. The maximum atomic E-state index is 14.0. The van der Waals surface area contributed by atoms with Gasteiger partial charge in [-0.1, -0.05) is 12.1 Å². The highest BCUT2D eigenvalue weighted by molar-refractivity contribution is 7.15. The molecule has 0 saturated carbocycles. The molecule has 0 bridgehead atoms. The van der Waals surface area contributed by atoms with Crippen LogP contribution in [0.25, 0.3) is 16.2 Å². The van der Waals surface area contributed by atoms with E-state index in [1.54, 1.807) is 18.2 Å². The molecular weight excluding hydrogens is 371 g/mol. The van der Waals surface area contributed by atoms with Gasteiger partial charge in [-0.2, -0.15) is 0 Å². The molecule has 1 amide bonds. The number of anilines is 1. The van der Waals surface area contributed by atoms with Crippen LogP contribution in [0.4, 0.5) is 9.52 Å². The van der Waals surface area contributed by atoms with Crippen LogP contribution in [0.1, 0.15) is 17.8 Å².